The number of rotatable bonds is 6. The zero-order chi connectivity index (χ0) is 11.4. The lowest BCUT2D eigenvalue weighted by Crippen LogP contribution is -1.99. The van der Waals surface area contributed by atoms with Crippen LogP contribution in [-0.2, 0) is 4.74 Å². The molecule has 14 heavy (non-hydrogen) atoms. The first-order valence-electron chi connectivity index (χ1n) is 6.12. The third kappa shape index (κ3) is 22.9. The molecule has 0 heterocycles. The van der Waals surface area contributed by atoms with Gasteiger partial charge in [0, 0.05) is 13.2 Å². The molecule has 0 saturated carbocycles. The molecule has 0 aromatic heterocycles. The van der Waals surface area contributed by atoms with E-state index in [-0.39, 0.29) is 0 Å². The molecule has 0 rings (SSSR count). The van der Waals surface area contributed by atoms with Gasteiger partial charge in [-0.2, -0.15) is 0 Å². The van der Waals surface area contributed by atoms with Crippen LogP contribution in [0.25, 0.3) is 0 Å². The first-order chi connectivity index (χ1) is 6.54. The van der Waals surface area contributed by atoms with Crippen molar-refractivity contribution >= 4 is 15.2 Å². The predicted molar refractivity (Wildman–Crippen MR) is 68.6 cm³/mol. The lowest BCUT2D eigenvalue weighted by molar-refractivity contribution is 0.162. The fourth-order valence-electron chi connectivity index (χ4n) is 1.14. The van der Waals surface area contributed by atoms with Gasteiger partial charge in [-0.15, -0.1) is 0 Å². The van der Waals surface area contributed by atoms with Crippen molar-refractivity contribution in [3.63, 3.8) is 0 Å². The van der Waals surface area contributed by atoms with Crippen molar-refractivity contribution in [2.45, 2.75) is 52.1 Å². The van der Waals surface area contributed by atoms with Gasteiger partial charge in [0.2, 0.25) is 15.2 Å². The Labute approximate surface area is 97.3 Å². The van der Waals surface area contributed by atoms with Crippen molar-refractivity contribution < 1.29 is 4.74 Å². The van der Waals surface area contributed by atoms with E-state index in [1.807, 2.05) is 13.8 Å². The van der Waals surface area contributed by atoms with E-state index >= 15 is 0 Å². The molecule has 86 valence electrons. The minimum Gasteiger partial charge on any atom is -0.382 e. The number of hydrogen-bond acceptors (Lipinski definition) is 1. The minimum absolute atomic E-state index is 0.316. The zero-order valence-electron chi connectivity index (χ0n) is 11.1. The predicted octanol–water partition coefficient (Wildman–Crippen LogP) is 3.61. The molecule has 0 N–H and O–H groups in total. The first-order valence-corrected chi connectivity index (χ1v) is 8.12. The van der Waals surface area contributed by atoms with Crippen molar-refractivity contribution in [3.8, 4) is 0 Å². The Morgan fingerprint density at radius 2 is 1.21 bits per heavy atom. The van der Waals surface area contributed by atoms with Crippen LogP contribution in [0.1, 0.15) is 41.5 Å². The lowest BCUT2D eigenvalue weighted by atomic mass is 10.3. The maximum absolute atomic E-state index is 4.83. The van der Waals surface area contributed by atoms with Crippen molar-refractivity contribution in [3.05, 3.63) is 0 Å². The second-order valence-electron chi connectivity index (χ2n) is 4.50. The van der Waals surface area contributed by atoms with Gasteiger partial charge in [-0.1, -0.05) is 50.1 Å². The fraction of sp³-hybridized carbons (Fsp3) is 1.00. The van der Waals surface area contributed by atoms with Crippen LogP contribution < -0.4 is 0 Å². The summed E-state index contributed by atoms with van der Waals surface area (Å²) in [5, 5.41) is 3.08. The van der Waals surface area contributed by atoms with Gasteiger partial charge in [0.05, 0.1) is 0 Å². The van der Waals surface area contributed by atoms with Crippen molar-refractivity contribution in [1.29, 1.82) is 0 Å². The van der Waals surface area contributed by atoms with E-state index in [9.17, 15) is 0 Å². The molecular weight excluding hydrogens is 187 g/mol. The Bertz CT molecular complexity index is 82.3. The van der Waals surface area contributed by atoms with E-state index in [1.165, 1.54) is 10.6 Å². The molecule has 0 bridgehead atoms. The van der Waals surface area contributed by atoms with Crippen molar-refractivity contribution in [2.75, 3.05) is 13.2 Å². The van der Waals surface area contributed by atoms with Crippen molar-refractivity contribution in [2.24, 2.45) is 11.8 Å². The van der Waals surface area contributed by atoms with Gasteiger partial charge in [-0.25, -0.2) is 0 Å². The molecular formula is C12H29AlO. The molecule has 0 saturated heterocycles. The normalized spacial score (nSPS) is 10.0. The number of hydrogen-bond donors (Lipinski definition) is 0. The molecule has 0 fully saturated rings. The highest BCUT2D eigenvalue weighted by molar-refractivity contribution is 6.35. The Balaban J connectivity index is 0. The van der Waals surface area contributed by atoms with Crippen LogP contribution in [0.4, 0.5) is 0 Å². The van der Waals surface area contributed by atoms with Crippen LogP contribution in [0.5, 0.6) is 0 Å². The van der Waals surface area contributed by atoms with Gasteiger partial charge < -0.3 is 4.74 Å². The van der Waals surface area contributed by atoms with Crippen LogP contribution in [0.2, 0.25) is 10.6 Å². The largest absolute Gasteiger partial charge is 0.382 e. The Morgan fingerprint density at radius 3 is 1.36 bits per heavy atom. The second-order valence-corrected chi connectivity index (χ2v) is 6.36. The van der Waals surface area contributed by atoms with E-state index < -0.39 is 0 Å². The molecule has 1 nitrogen and oxygen atoms in total. The molecule has 0 unspecified atom stereocenters. The SMILES string of the molecule is CC(C)[CH2][AlH][CH2]C(C)C.CCOCC. The monoisotopic (exact) mass is 216 g/mol. The summed E-state index contributed by atoms with van der Waals surface area (Å²) in [4.78, 5) is 0. The Morgan fingerprint density at radius 1 is 0.857 bits per heavy atom. The van der Waals surface area contributed by atoms with E-state index in [0.29, 0.717) is 15.2 Å². The zero-order valence-corrected chi connectivity index (χ0v) is 12.5. The molecule has 0 amide bonds. The van der Waals surface area contributed by atoms with Gasteiger partial charge in [0.25, 0.3) is 0 Å². The molecule has 0 spiro atoms. The molecule has 0 aliphatic heterocycles. The van der Waals surface area contributed by atoms with Crippen LogP contribution in [0.3, 0.4) is 0 Å². The average Bonchev–Trinajstić information content (AvgIpc) is 2.05. The average molecular weight is 216 g/mol. The molecule has 0 atom stereocenters. The molecule has 0 aromatic rings. The maximum Gasteiger partial charge on any atom is 0.237 e. The highest BCUT2D eigenvalue weighted by Gasteiger charge is 1.99. The van der Waals surface area contributed by atoms with Crippen LogP contribution in [0.15, 0.2) is 0 Å². The van der Waals surface area contributed by atoms with E-state index in [4.69, 9.17) is 4.74 Å². The van der Waals surface area contributed by atoms with E-state index in [1.54, 1.807) is 0 Å². The highest BCUT2D eigenvalue weighted by atomic mass is 27.1. The minimum atomic E-state index is 0.316. The van der Waals surface area contributed by atoms with Gasteiger partial charge in [-0.3, -0.25) is 0 Å². The van der Waals surface area contributed by atoms with E-state index in [2.05, 4.69) is 27.7 Å². The summed E-state index contributed by atoms with van der Waals surface area (Å²) in [6, 6.07) is 0. The Kier molecular flexibility index (Phi) is 16.3. The lowest BCUT2D eigenvalue weighted by Gasteiger charge is -2.03. The second kappa shape index (κ2) is 13.5. The summed E-state index contributed by atoms with van der Waals surface area (Å²) >= 11 is 0.316. The third-order valence-electron chi connectivity index (χ3n) is 1.97. The topological polar surface area (TPSA) is 9.23 Å². The maximum atomic E-state index is 4.83. The number of ether oxygens (including phenoxy) is 1. The summed E-state index contributed by atoms with van der Waals surface area (Å²) in [5.41, 5.74) is 0. The molecule has 2 heteroatoms. The summed E-state index contributed by atoms with van der Waals surface area (Å²) in [6.45, 7) is 15.0. The van der Waals surface area contributed by atoms with Crippen LogP contribution >= 0.6 is 0 Å². The van der Waals surface area contributed by atoms with Gasteiger partial charge in [-0.05, 0) is 13.8 Å². The van der Waals surface area contributed by atoms with E-state index in [0.717, 1.165) is 25.0 Å². The summed E-state index contributed by atoms with van der Waals surface area (Å²) in [6.07, 6.45) is 0. The standard InChI is InChI=1S/C4H10O.2C4H9.Al.H/c1-3-5-4-2;2*1-4(2)3;;/h3-4H2,1-2H3;2*4H,1H2,2-3H3;;. The van der Waals surface area contributed by atoms with Gasteiger partial charge in [0.15, 0.2) is 0 Å². The van der Waals surface area contributed by atoms with Crippen LogP contribution in [0, 0.1) is 11.8 Å². The smallest absolute Gasteiger partial charge is 0.237 e. The molecule has 0 radical (unpaired) electrons. The quantitative estimate of drug-likeness (QED) is 0.616. The summed E-state index contributed by atoms with van der Waals surface area (Å²) in [7, 11) is 0. The van der Waals surface area contributed by atoms with Gasteiger partial charge in [0.1, 0.15) is 0 Å². The third-order valence-corrected chi connectivity index (χ3v) is 5.10. The van der Waals surface area contributed by atoms with Gasteiger partial charge >= 0.3 is 0 Å². The molecule has 0 aromatic carbocycles. The highest BCUT2D eigenvalue weighted by Crippen LogP contribution is 2.05. The van der Waals surface area contributed by atoms with Crippen LogP contribution in [-0.4, -0.2) is 28.4 Å². The Hall–Kier alpha value is 0.492. The molecule has 0 aliphatic rings. The van der Waals surface area contributed by atoms with Crippen molar-refractivity contribution in [1.82, 2.24) is 0 Å². The summed E-state index contributed by atoms with van der Waals surface area (Å²) < 4.78 is 4.83. The fourth-order valence-corrected chi connectivity index (χ4v) is 3.01. The summed E-state index contributed by atoms with van der Waals surface area (Å²) in [5.74, 6) is 1.91. The molecule has 0 aliphatic carbocycles. The first kappa shape index (κ1) is 16.9.